The van der Waals surface area contributed by atoms with E-state index in [1.807, 2.05) is 4.90 Å². The molecule has 19 heavy (non-hydrogen) atoms. The van der Waals surface area contributed by atoms with Gasteiger partial charge in [-0.25, -0.2) is 0 Å². The lowest BCUT2D eigenvalue weighted by atomic mass is 9.87. The van der Waals surface area contributed by atoms with Crippen molar-refractivity contribution in [3.63, 3.8) is 0 Å². The van der Waals surface area contributed by atoms with Crippen LogP contribution in [0.3, 0.4) is 0 Å². The van der Waals surface area contributed by atoms with Crippen molar-refractivity contribution in [3.05, 3.63) is 0 Å². The fourth-order valence-electron chi connectivity index (χ4n) is 2.84. The number of carbonyl (C=O) groups excluding carboxylic acids is 1. The highest BCUT2D eigenvalue weighted by molar-refractivity contribution is 5.76. The van der Waals surface area contributed by atoms with Crippen LogP contribution in [-0.2, 0) is 4.79 Å². The predicted octanol–water partition coefficient (Wildman–Crippen LogP) is 1.69. The van der Waals surface area contributed by atoms with Gasteiger partial charge in [-0.2, -0.15) is 0 Å². The molecule has 1 aliphatic heterocycles. The smallest absolute Gasteiger partial charge is 0.224 e. The summed E-state index contributed by atoms with van der Waals surface area (Å²) in [6.07, 6.45) is 3.54. The standard InChI is InChI=1S/C15H31N3O/c1-15(2,3)11-12(16)10-14(19)18-8-6-13(7-9-18)17(4)5/h12-13H,6-11,16H2,1-5H3. The van der Waals surface area contributed by atoms with Crippen LogP contribution in [0.5, 0.6) is 0 Å². The van der Waals surface area contributed by atoms with Crippen molar-refractivity contribution < 1.29 is 4.79 Å². The molecule has 1 unspecified atom stereocenters. The molecule has 1 fully saturated rings. The number of hydrogen-bond donors (Lipinski definition) is 1. The normalized spacial score (nSPS) is 19.8. The molecule has 0 aromatic rings. The first-order chi connectivity index (χ1) is 8.69. The van der Waals surface area contributed by atoms with E-state index in [0.717, 1.165) is 32.4 Å². The van der Waals surface area contributed by atoms with Crippen molar-refractivity contribution in [2.75, 3.05) is 27.2 Å². The highest BCUT2D eigenvalue weighted by Gasteiger charge is 2.25. The fraction of sp³-hybridized carbons (Fsp3) is 0.933. The third kappa shape index (κ3) is 5.91. The molecule has 1 saturated heterocycles. The number of rotatable bonds is 4. The molecule has 0 saturated carbocycles. The van der Waals surface area contributed by atoms with Gasteiger partial charge in [0.2, 0.25) is 5.91 Å². The maximum atomic E-state index is 12.2. The molecule has 1 heterocycles. The molecule has 4 nitrogen and oxygen atoms in total. The van der Waals surface area contributed by atoms with Gasteiger partial charge in [-0.15, -0.1) is 0 Å². The van der Waals surface area contributed by atoms with Crippen LogP contribution in [0.2, 0.25) is 0 Å². The maximum Gasteiger partial charge on any atom is 0.224 e. The summed E-state index contributed by atoms with van der Waals surface area (Å²) >= 11 is 0. The molecule has 1 amide bonds. The van der Waals surface area contributed by atoms with E-state index in [2.05, 4.69) is 39.8 Å². The van der Waals surface area contributed by atoms with E-state index in [4.69, 9.17) is 5.73 Å². The summed E-state index contributed by atoms with van der Waals surface area (Å²) in [5.41, 5.74) is 6.28. The minimum atomic E-state index is -0.0147. The van der Waals surface area contributed by atoms with E-state index in [1.54, 1.807) is 0 Å². The molecule has 0 aromatic carbocycles. The highest BCUT2D eigenvalue weighted by atomic mass is 16.2. The third-order valence-electron chi connectivity index (χ3n) is 3.86. The number of nitrogens with zero attached hydrogens (tertiary/aromatic N) is 2. The van der Waals surface area contributed by atoms with Gasteiger partial charge in [0.1, 0.15) is 0 Å². The van der Waals surface area contributed by atoms with Crippen molar-refractivity contribution >= 4 is 5.91 Å². The van der Waals surface area contributed by atoms with E-state index in [0.29, 0.717) is 12.5 Å². The van der Waals surface area contributed by atoms with Crippen LogP contribution in [0.4, 0.5) is 0 Å². The molecular weight excluding hydrogens is 238 g/mol. The summed E-state index contributed by atoms with van der Waals surface area (Å²) in [5, 5.41) is 0. The van der Waals surface area contributed by atoms with Gasteiger partial charge in [0.05, 0.1) is 0 Å². The van der Waals surface area contributed by atoms with Gasteiger partial charge in [-0.1, -0.05) is 20.8 Å². The summed E-state index contributed by atoms with van der Waals surface area (Å²) in [6, 6.07) is 0.603. The van der Waals surface area contributed by atoms with Crippen molar-refractivity contribution in [1.29, 1.82) is 0 Å². The van der Waals surface area contributed by atoms with Crippen molar-refractivity contribution in [1.82, 2.24) is 9.80 Å². The van der Waals surface area contributed by atoms with Crippen LogP contribution < -0.4 is 5.73 Å². The summed E-state index contributed by atoms with van der Waals surface area (Å²) < 4.78 is 0. The van der Waals surface area contributed by atoms with Gasteiger partial charge in [-0.3, -0.25) is 4.79 Å². The Balaban J connectivity index is 2.35. The first-order valence-corrected chi connectivity index (χ1v) is 7.39. The van der Waals surface area contributed by atoms with Crippen molar-refractivity contribution in [3.8, 4) is 0 Å². The van der Waals surface area contributed by atoms with Crippen LogP contribution in [0.15, 0.2) is 0 Å². The van der Waals surface area contributed by atoms with E-state index >= 15 is 0 Å². The minimum Gasteiger partial charge on any atom is -0.343 e. The molecule has 1 atom stereocenters. The molecule has 0 aliphatic carbocycles. The molecule has 2 N–H and O–H groups in total. The predicted molar refractivity (Wildman–Crippen MR) is 80.0 cm³/mol. The number of nitrogens with two attached hydrogens (primary N) is 1. The lowest BCUT2D eigenvalue weighted by Gasteiger charge is -2.36. The Kier molecular flexibility index (Phi) is 5.81. The molecule has 0 spiro atoms. The average molecular weight is 269 g/mol. The Morgan fingerprint density at radius 3 is 2.26 bits per heavy atom. The number of carbonyl (C=O) groups is 1. The quantitative estimate of drug-likeness (QED) is 0.845. The van der Waals surface area contributed by atoms with Crippen molar-refractivity contribution in [2.24, 2.45) is 11.1 Å². The SMILES string of the molecule is CN(C)C1CCN(C(=O)CC(N)CC(C)(C)C)CC1. The molecule has 112 valence electrons. The first-order valence-electron chi connectivity index (χ1n) is 7.39. The second-order valence-corrected chi connectivity index (χ2v) is 7.30. The zero-order chi connectivity index (χ0) is 14.6. The largest absolute Gasteiger partial charge is 0.343 e. The van der Waals surface area contributed by atoms with Gasteiger partial charge in [0, 0.05) is 31.6 Å². The maximum absolute atomic E-state index is 12.2. The van der Waals surface area contributed by atoms with Gasteiger partial charge >= 0.3 is 0 Å². The Morgan fingerprint density at radius 2 is 1.84 bits per heavy atom. The lowest BCUT2D eigenvalue weighted by molar-refractivity contribution is -0.133. The molecule has 1 rings (SSSR count). The summed E-state index contributed by atoms with van der Waals surface area (Å²) in [4.78, 5) is 16.4. The third-order valence-corrected chi connectivity index (χ3v) is 3.86. The number of hydrogen-bond acceptors (Lipinski definition) is 3. The molecule has 1 aliphatic rings. The van der Waals surface area contributed by atoms with Crippen LogP contribution in [0, 0.1) is 5.41 Å². The zero-order valence-electron chi connectivity index (χ0n) is 13.3. The van der Waals surface area contributed by atoms with E-state index < -0.39 is 0 Å². The first kappa shape index (κ1) is 16.4. The zero-order valence-corrected chi connectivity index (χ0v) is 13.3. The number of amides is 1. The summed E-state index contributed by atoms with van der Waals surface area (Å²) in [6.45, 7) is 8.26. The molecular formula is C15H31N3O. The van der Waals surface area contributed by atoms with Crippen LogP contribution in [0.25, 0.3) is 0 Å². The highest BCUT2D eigenvalue weighted by Crippen LogP contribution is 2.22. The molecule has 4 heteroatoms. The Hall–Kier alpha value is -0.610. The monoisotopic (exact) mass is 269 g/mol. The summed E-state index contributed by atoms with van der Waals surface area (Å²) in [5.74, 6) is 0.231. The van der Waals surface area contributed by atoms with Crippen LogP contribution >= 0.6 is 0 Å². The summed E-state index contributed by atoms with van der Waals surface area (Å²) in [7, 11) is 4.22. The lowest BCUT2D eigenvalue weighted by Crippen LogP contribution is -2.46. The second kappa shape index (κ2) is 6.71. The minimum absolute atomic E-state index is 0.0147. The fourth-order valence-corrected chi connectivity index (χ4v) is 2.84. The molecule has 0 aromatic heterocycles. The Bertz CT molecular complexity index is 288. The average Bonchev–Trinajstić information content (AvgIpc) is 2.26. The topological polar surface area (TPSA) is 49.6 Å². The van der Waals surface area contributed by atoms with Gasteiger partial charge in [0.25, 0.3) is 0 Å². The Labute approximate surface area is 118 Å². The number of piperidine rings is 1. The van der Waals surface area contributed by atoms with Gasteiger partial charge in [0.15, 0.2) is 0 Å². The molecule has 0 radical (unpaired) electrons. The number of likely N-dealkylation sites (tertiary alicyclic amines) is 1. The van der Waals surface area contributed by atoms with E-state index in [9.17, 15) is 4.79 Å². The van der Waals surface area contributed by atoms with E-state index in [1.165, 1.54) is 0 Å². The van der Waals surface area contributed by atoms with Crippen molar-refractivity contribution in [2.45, 2.75) is 58.5 Å². The van der Waals surface area contributed by atoms with Gasteiger partial charge in [-0.05, 0) is 38.8 Å². The molecule has 0 bridgehead atoms. The Morgan fingerprint density at radius 1 is 1.32 bits per heavy atom. The second-order valence-electron chi connectivity index (χ2n) is 7.30. The van der Waals surface area contributed by atoms with E-state index in [-0.39, 0.29) is 17.4 Å². The van der Waals surface area contributed by atoms with Crippen LogP contribution in [-0.4, -0.2) is 55.0 Å². The van der Waals surface area contributed by atoms with Gasteiger partial charge < -0.3 is 15.5 Å². The van der Waals surface area contributed by atoms with Crippen LogP contribution in [0.1, 0.15) is 46.5 Å².